The number of carbonyl (C=O) groups is 1. The van der Waals surface area contributed by atoms with E-state index < -0.39 is 10.0 Å². The van der Waals surface area contributed by atoms with Crippen molar-refractivity contribution < 1.29 is 17.9 Å². The first-order valence-corrected chi connectivity index (χ1v) is 9.48. The van der Waals surface area contributed by atoms with E-state index in [-0.39, 0.29) is 11.7 Å². The van der Waals surface area contributed by atoms with Gasteiger partial charge < -0.3 is 15.0 Å². The maximum absolute atomic E-state index is 12.1. The van der Waals surface area contributed by atoms with Crippen LogP contribution < -0.4 is 5.32 Å². The second-order valence-electron chi connectivity index (χ2n) is 5.42. The standard InChI is InChI=1S/C15H23N3O4S/c1-2-3-9-22-10-4-7-16-15(19)13-5-6-14-17-23(20,21)11-8-18(14)12-13/h5-6,12H,2-4,7-11H2,1H3,(H,16,19). The van der Waals surface area contributed by atoms with Crippen LogP contribution in [0.2, 0.25) is 0 Å². The SMILES string of the molecule is CCCCOCCCNC(=O)C1=CN2CCS(=O)(=O)N=C2C=C1. The van der Waals surface area contributed by atoms with Crippen molar-refractivity contribution in [3.8, 4) is 0 Å². The maximum Gasteiger partial charge on any atom is 0.256 e. The molecule has 2 rings (SSSR count). The summed E-state index contributed by atoms with van der Waals surface area (Å²) in [6, 6.07) is 0. The molecule has 0 radical (unpaired) electrons. The molecule has 0 fully saturated rings. The third-order valence-corrected chi connectivity index (χ3v) is 4.64. The lowest BCUT2D eigenvalue weighted by atomic mass is 10.2. The molecule has 0 aromatic heterocycles. The predicted molar refractivity (Wildman–Crippen MR) is 88.5 cm³/mol. The number of ether oxygens (including phenoxy) is 1. The number of fused-ring (bicyclic) bond motifs is 1. The van der Waals surface area contributed by atoms with Crippen LogP contribution in [0.15, 0.2) is 28.3 Å². The molecular formula is C15H23N3O4S. The number of rotatable bonds is 8. The molecule has 0 bridgehead atoms. The van der Waals surface area contributed by atoms with Crippen molar-refractivity contribution in [2.45, 2.75) is 26.2 Å². The van der Waals surface area contributed by atoms with Crippen molar-refractivity contribution >= 4 is 21.8 Å². The smallest absolute Gasteiger partial charge is 0.256 e. The highest BCUT2D eigenvalue weighted by Crippen LogP contribution is 2.15. The fraction of sp³-hybridized carbons (Fsp3) is 0.600. The summed E-state index contributed by atoms with van der Waals surface area (Å²) >= 11 is 0. The van der Waals surface area contributed by atoms with Crippen molar-refractivity contribution in [1.82, 2.24) is 10.2 Å². The van der Waals surface area contributed by atoms with Crippen LogP contribution in [0.1, 0.15) is 26.2 Å². The molecule has 2 heterocycles. The van der Waals surface area contributed by atoms with Crippen molar-refractivity contribution in [2.75, 3.05) is 32.1 Å². The van der Waals surface area contributed by atoms with E-state index in [0.717, 1.165) is 25.9 Å². The van der Waals surface area contributed by atoms with Gasteiger partial charge in [0, 0.05) is 32.5 Å². The van der Waals surface area contributed by atoms with E-state index in [0.29, 0.717) is 31.1 Å². The van der Waals surface area contributed by atoms with E-state index in [4.69, 9.17) is 4.74 Å². The first-order chi connectivity index (χ1) is 11.0. The molecular weight excluding hydrogens is 318 g/mol. The van der Waals surface area contributed by atoms with Crippen LogP contribution in [0.25, 0.3) is 0 Å². The van der Waals surface area contributed by atoms with Gasteiger partial charge in [0.1, 0.15) is 5.84 Å². The molecule has 8 heteroatoms. The molecule has 1 N–H and O–H groups in total. The highest BCUT2D eigenvalue weighted by atomic mass is 32.2. The lowest BCUT2D eigenvalue weighted by Crippen LogP contribution is -2.38. The molecule has 23 heavy (non-hydrogen) atoms. The Labute approximate surface area is 137 Å². The van der Waals surface area contributed by atoms with Gasteiger partial charge in [0.2, 0.25) is 0 Å². The summed E-state index contributed by atoms with van der Waals surface area (Å²) < 4.78 is 32.0. The van der Waals surface area contributed by atoms with Gasteiger partial charge in [0.25, 0.3) is 15.9 Å². The zero-order valence-electron chi connectivity index (χ0n) is 13.3. The van der Waals surface area contributed by atoms with Gasteiger partial charge in [-0.1, -0.05) is 13.3 Å². The molecule has 0 unspecified atom stereocenters. The minimum absolute atomic E-state index is 0.0369. The van der Waals surface area contributed by atoms with Crippen molar-refractivity contribution in [1.29, 1.82) is 0 Å². The lowest BCUT2D eigenvalue weighted by Gasteiger charge is -2.26. The highest BCUT2D eigenvalue weighted by Gasteiger charge is 2.24. The van der Waals surface area contributed by atoms with Crippen LogP contribution in [0, 0.1) is 0 Å². The molecule has 128 valence electrons. The highest BCUT2D eigenvalue weighted by molar-refractivity contribution is 7.90. The number of amides is 1. The molecule has 7 nitrogen and oxygen atoms in total. The Bertz CT molecular complexity index is 623. The Morgan fingerprint density at radius 2 is 2.13 bits per heavy atom. The summed E-state index contributed by atoms with van der Waals surface area (Å²) in [6.07, 6.45) is 7.71. The van der Waals surface area contributed by atoms with Gasteiger partial charge in [-0.3, -0.25) is 4.79 Å². The van der Waals surface area contributed by atoms with Crippen molar-refractivity contribution in [2.24, 2.45) is 4.40 Å². The number of nitrogens with zero attached hydrogens (tertiary/aromatic N) is 2. The zero-order valence-corrected chi connectivity index (χ0v) is 14.1. The Hall–Kier alpha value is -1.67. The summed E-state index contributed by atoms with van der Waals surface area (Å²) in [7, 11) is -3.37. The topological polar surface area (TPSA) is 88.1 Å². The number of sulfonamides is 1. The zero-order chi connectivity index (χ0) is 16.7. The van der Waals surface area contributed by atoms with Gasteiger partial charge in [-0.25, -0.2) is 8.42 Å². The van der Waals surface area contributed by atoms with E-state index in [1.807, 2.05) is 0 Å². The van der Waals surface area contributed by atoms with Crippen LogP contribution in [-0.2, 0) is 19.6 Å². The Balaban J connectivity index is 1.77. The number of amidine groups is 1. The van der Waals surface area contributed by atoms with Crippen LogP contribution in [0.3, 0.4) is 0 Å². The number of carbonyl (C=O) groups excluding carboxylic acids is 1. The molecule has 0 spiro atoms. The van der Waals surface area contributed by atoms with Gasteiger partial charge in [0.05, 0.1) is 11.3 Å². The molecule has 0 aromatic carbocycles. The van der Waals surface area contributed by atoms with E-state index in [1.165, 1.54) is 0 Å². The van der Waals surface area contributed by atoms with Gasteiger partial charge in [0.15, 0.2) is 0 Å². The van der Waals surface area contributed by atoms with Gasteiger partial charge in [-0.2, -0.15) is 0 Å². The van der Waals surface area contributed by atoms with Gasteiger partial charge in [-0.15, -0.1) is 4.40 Å². The number of nitrogens with one attached hydrogen (secondary N) is 1. The predicted octanol–water partition coefficient (Wildman–Crippen LogP) is 0.807. The minimum Gasteiger partial charge on any atom is -0.381 e. The third kappa shape index (κ3) is 5.47. The van der Waals surface area contributed by atoms with E-state index in [1.54, 1.807) is 23.3 Å². The number of unbranched alkanes of at least 4 members (excludes halogenated alkanes) is 1. The molecule has 1 amide bonds. The molecule has 0 aliphatic carbocycles. The Morgan fingerprint density at radius 3 is 2.91 bits per heavy atom. The fourth-order valence-electron chi connectivity index (χ4n) is 2.16. The molecule has 0 saturated carbocycles. The third-order valence-electron chi connectivity index (χ3n) is 3.48. The van der Waals surface area contributed by atoms with Crippen LogP contribution in [-0.4, -0.2) is 57.1 Å². The van der Waals surface area contributed by atoms with Gasteiger partial charge >= 0.3 is 0 Å². The van der Waals surface area contributed by atoms with Crippen LogP contribution in [0.5, 0.6) is 0 Å². The largest absolute Gasteiger partial charge is 0.381 e. The summed E-state index contributed by atoms with van der Waals surface area (Å²) in [6.45, 7) is 4.37. The summed E-state index contributed by atoms with van der Waals surface area (Å²) in [4.78, 5) is 13.8. The van der Waals surface area contributed by atoms with E-state index in [9.17, 15) is 13.2 Å². The molecule has 2 aliphatic rings. The summed E-state index contributed by atoms with van der Waals surface area (Å²) in [5, 5.41) is 2.83. The fourth-order valence-corrected chi connectivity index (χ4v) is 3.13. The number of hydrogen-bond acceptors (Lipinski definition) is 5. The Kier molecular flexibility index (Phi) is 6.35. The van der Waals surface area contributed by atoms with Crippen molar-refractivity contribution in [3.63, 3.8) is 0 Å². The average molecular weight is 341 g/mol. The quantitative estimate of drug-likeness (QED) is 0.660. The summed E-state index contributed by atoms with van der Waals surface area (Å²) in [5.74, 6) is 0.143. The maximum atomic E-state index is 12.1. The van der Waals surface area contributed by atoms with Crippen LogP contribution >= 0.6 is 0 Å². The number of hydrogen-bond donors (Lipinski definition) is 1. The molecule has 0 aromatic rings. The second-order valence-corrected chi connectivity index (χ2v) is 7.18. The lowest BCUT2D eigenvalue weighted by molar-refractivity contribution is -0.117. The van der Waals surface area contributed by atoms with Crippen LogP contribution in [0.4, 0.5) is 0 Å². The van der Waals surface area contributed by atoms with E-state index >= 15 is 0 Å². The molecule has 0 saturated heterocycles. The Morgan fingerprint density at radius 1 is 1.35 bits per heavy atom. The normalized spacial score (nSPS) is 18.9. The molecule has 2 aliphatic heterocycles. The van der Waals surface area contributed by atoms with Gasteiger partial charge in [-0.05, 0) is 25.0 Å². The monoisotopic (exact) mass is 341 g/mol. The van der Waals surface area contributed by atoms with Crippen molar-refractivity contribution in [3.05, 3.63) is 23.9 Å². The summed E-state index contributed by atoms with van der Waals surface area (Å²) in [5.41, 5.74) is 0.496. The second kappa shape index (κ2) is 8.26. The molecule has 0 atom stereocenters. The minimum atomic E-state index is -3.37. The first kappa shape index (κ1) is 17.7. The van der Waals surface area contributed by atoms with E-state index in [2.05, 4.69) is 16.6 Å². The average Bonchev–Trinajstić information content (AvgIpc) is 2.52. The first-order valence-electron chi connectivity index (χ1n) is 7.87.